The summed E-state index contributed by atoms with van der Waals surface area (Å²) in [6, 6.07) is 14.2. The summed E-state index contributed by atoms with van der Waals surface area (Å²) in [7, 11) is 0. The molecule has 3 rings (SSSR count). The normalized spacial score (nSPS) is 12.9. The average Bonchev–Trinajstić information content (AvgIpc) is 2.88. The second-order valence-electron chi connectivity index (χ2n) is 6.00. The molecule has 134 valence electrons. The number of benzene rings is 2. The predicted molar refractivity (Wildman–Crippen MR) is 93.8 cm³/mol. The van der Waals surface area contributed by atoms with Crippen LogP contribution in [0.5, 0.6) is 5.75 Å². The van der Waals surface area contributed by atoms with Gasteiger partial charge in [0.15, 0.2) is 6.73 Å². The van der Waals surface area contributed by atoms with Crippen molar-refractivity contribution in [2.24, 2.45) is 0 Å². The van der Waals surface area contributed by atoms with Gasteiger partial charge in [-0.3, -0.25) is 14.4 Å². The lowest BCUT2D eigenvalue weighted by Crippen LogP contribution is -2.33. The Bertz CT molecular complexity index is 811. The molecule has 0 fully saturated rings. The van der Waals surface area contributed by atoms with Gasteiger partial charge in [0.05, 0.1) is 17.7 Å². The molecule has 0 N–H and O–H groups in total. The van der Waals surface area contributed by atoms with Crippen molar-refractivity contribution >= 4 is 17.8 Å². The van der Waals surface area contributed by atoms with Crippen LogP contribution in [0.1, 0.15) is 39.1 Å². The molecule has 0 aliphatic carbocycles. The summed E-state index contributed by atoms with van der Waals surface area (Å²) < 4.78 is 10.6. The van der Waals surface area contributed by atoms with Gasteiger partial charge < -0.3 is 9.47 Å². The fourth-order valence-electron chi connectivity index (χ4n) is 2.68. The molecule has 2 aromatic carbocycles. The fraction of sp³-hybridized carbons (Fsp3) is 0.250. The lowest BCUT2D eigenvalue weighted by Gasteiger charge is -2.14. The standard InChI is InChI=1S/C20H19NO5/c1-14-6-4-7-15(12-14)25-11-5-10-18(22)26-13-21-19(23)16-8-2-3-9-17(16)20(21)24/h2-4,6-9,12H,5,10-11,13H2,1H3. The maximum absolute atomic E-state index is 12.2. The van der Waals surface area contributed by atoms with Crippen molar-refractivity contribution in [3.63, 3.8) is 0 Å². The van der Waals surface area contributed by atoms with E-state index in [1.165, 1.54) is 0 Å². The second kappa shape index (κ2) is 7.82. The first-order valence-corrected chi connectivity index (χ1v) is 8.36. The first kappa shape index (κ1) is 17.7. The Hall–Kier alpha value is -3.15. The van der Waals surface area contributed by atoms with Gasteiger partial charge in [0.2, 0.25) is 0 Å². The van der Waals surface area contributed by atoms with Crippen LogP contribution in [-0.4, -0.2) is 36.0 Å². The molecule has 0 atom stereocenters. The molecule has 0 saturated carbocycles. The number of ether oxygens (including phenoxy) is 2. The Labute approximate surface area is 151 Å². The van der Waals surface area contributed by atoms with Crippen molar-refractivity contribution in [3.8, 4) is 5.75 Å². The van der Waals surface area contributed by atoms with Gasteiger partial charge in [-0.05, 0) is 43.2 Å². The van der Waals surface area contributed by atoms with Crippen LogP contribution in [-0.2, 0) is 9.53 Å². The van der Waals surface area contributed by atoms with E-state index < -0.39 is 17.8 Å². The van der Waals surface area contributed by atoms with E-state index in [0.29, 0.717) is 24.2 Å². The highest BCUT2D eigenvalue weighted by Crippen LogP contribution is 2.22. The Morgan fingerprint density at radius 1 is 1.00 bits per heavy atom. The number of amides is 2. The van der Waals surface area contributed by atoms with Gasteiger partial charge in [-0.25, -0.2) is 4.90 Å². The molecule has 2 aromatic rings. The van der Waals surface area contributed by atoms with Crippen LogP contribution in [0.3, 0.4) is 0 Å². The molecule has 0 aromatic heterocycles. The third-order valence-electron chi connectivity index (χ3n) is 4.02. The van der Waals surface area contributed by atoms with E-state index in [4.69, 9.17) is 9.47 Å². The molecular weight excluding hydrogens is 334 g/mol. The molecule has 0 unspecified atom stereocenters. The minimum atomic E-state index is -0.477. The van der Waals surface area contributed by atoms with Crippen LogP contribution in [0.2, 0.25) is 0 Å². The number of hydrogen-bond donors (Lipinski definition) is 0. The van der Waals surface area contributed by atoms with Crippen LogP contribution < -0.4 is 4.74 Å². The lowest BCUT2D eigenvalue weighted by atomic mass is 10.1. The molecule has 6 heteroatoms. The van der Waals surface area contributed by atoms with Crippen molar-refractivity contribution in [2.75, 3.05) is 13.3 Å². The molecule has 0 spiro atoms. The third kappa shape index (κ3) is 3.91. The van der Waals surface area contributed by atoms with Crippen LogP contribution in [0, 0.1) is 6.92 Å². The highest BCUT2D eigenvalue weighted by Gasteiger charge is 2.35. The molecule has 6 nitrogen and oxygen atoms in total. The topological polar surface area (TPSA) is 72.9 Å². The van der Waals surface area contributed by atoms with Gasteiger partial charge in [-0.2, -0.15) is 0 Å². The van der Waals surface area contributed by atoms with Crippen molar-refractivity contribution in [1.29, 1.82) is 0 Å². The Morgan fingerprint density at radius 2 is 1.69 bits per heavy atom. The summed E-state index contributed by atoms with van der Waals surface area (Å²) in [5.41, 5.74) is 1.77. The average molecular weight is 353 g/mol. The number of carbonyl (C=O) groups is 3. The van der Waals surface area contributed by atoms with E-state index in [1.807, 2.05) is 31.2 Å². The molecule has 0 bridgehead atoms. The maximum atomic E-state index is 12.2. The summed E-state index contributed by atoms with van der Waals surface area (Å²) in [4.78, 5) is 37.1. The highest BCUT2D eigenvalue weighted by molar-refractivity contribution is 6.21. The number of rotatable bonds is 7. The van der Waals surface area contributed by atoms with E-state index >= 15 is 0 Å². The smallest absolute Gasteiger partial charge is 0.307 e. The van der Waals surface area contributed by atoms with Crippen molar-refractivity contribution < 1.29 is 23.9 Å². The predicted octanol–water partition coefficient (Wildman–Crippen LogP) is 2.95. The molecule has 0 saturated heterocycles. The van der Waals surface area contributed by atoms with Crippen molar-refractivity contribution in [3.05, 3.63) is 65.2 Å². The SMILES string of the molecule is Cc1cccc(OCCCC(=O)OCN2C(=O)c3ccccc3C2=O)c1. The zero-order chi connectivity index (χ0) is 18.5. The Morgan fingerprint density at radius 3 is 2.35 bits per heavy atom. The van der Waals surface area contributed by atoms with E-state index in [1.54, 1.807) is 24.3 Å². The van der Waals surface area contributed by atoms with Gasteiger partial charge in [-0.1, -0.05) is 24.3 Å². The molecule has 1 aliphatic heterocycles. The summed E-state index contributed by atoms with van der Waals surface area (Å²) in [6.07, 6.45) is 0.629. The summed E-state index contributed by atoms with van der Waals surface area (Å²) >= 11 is 0. The zero-order valence-electron chi connectivity index (χ0n) is 14.4. The Balaban J connectivity index is 1.41. The number of fused-ring (bicyclic) bond motifs is 1. The second-order valence-corrected chi connectivity index (χ2v) is 6.00. The lowest BCUT2D eigenvalue weighted by molar-refractivity contribution is -0.146. The monoisotopic (exact) mass is 353 g/mol. The van der Waals surface area contributed by atoms with E-state index in [9.17, 15) is 14.4 Å². The van der Waals surface area contributed by atoms with Crippen molar-refractivity contribution in [2.45, 2.75) is 19.8 Å². The van der Waals surface area contributed by atoms with Crippen LogP contribution in [0.25, 0.3) is 0 Å². The molecular formula is C20H19NO5. The highest BCUT2D eigenvalue weighted by atomic mass is 16.5. The molecule has 1 heterocycles. The minimum Gasteiger partial charge on any atom is -0.494 e. The number of imide groups is 1. The quantitative estimate of drug-likeness (QED) is 0.435. The largest absolute Gasteiger partial charge is 0.494 e. The van der Waals surface area contributed by atoms with Gasteiger partial charge in [-0.15, -0.1) is 0 Å². The van der Waals surface area contributed by atoms with E-state index in [2.05, 4.69) is 0 Å². The first-order chi connectivity index (χ1) is 12.6. The summed E-state index contributed by atoms with van der Waals surface area (Å²) in [5.74, 6) is -0.610. The van der Waals surface area contributed by atoms with Crippen LogP contribution in [0.15, 0.2) is 48.5 Å². The molecule has 26 heavy (non-hydrogen) atoms. The molecule has 1 aliphatic rings. The number of aryl methyl sites for hydroxylation is 1. The van der Waals surface area contributed by atoms with Gasteiger partial charge >= 0.3 is 5.97 Å². The minimum absolute atomic E-state index is 0.148. The van der Waals surface area contributed by atoms with E-state index in [-0.39, 0.29) is 13.2 Å². The summed E-state index contributed by atoms with van der Waals surface area (Å²) in [5, 5.41) is 0. The fourth-order valence-corrected chi connectivity index (χ4v) is 2.68. The first-order valence-electron chi connectivity index (χ1n) is 8.36. The molecule has 0 radical (unpaired) electrons. The van der Waals surface area contributed by atoms with E-state index in [0.717, 1.165) is 16.2 Å². The van der Waals surface area contributed by atoms with Gasteiger partial charge in [0, 0.05) is 6.42 Å². The third-order valence-corrected chi connectivity index (χ3v) is 4.02. The number of hydrogen-bond acceptors (Lipinski definition) is 5. The number of carbonyl (C=O) groups excluding carboxylic acids is 3. The van der Waals surface area contributed by atoms with Crippen LogP contribution >= 0.6 is 0 Å². The van der Waals surface area contributed by atoms with Gasteiger partial charge in [0.1, 0.15) is 5.75 Å². The number of nitrogens with zero attached hydrogens (tertiary/aromatic N) is 1. The maximum Gasteiger partial charge on any atom is 0.307 e. The number of esters is 1. The summed E-state index contributed by atoms with van der Waals surface area (Å²) in [6.45, 7) is 1.99. The Kier molecular flexibility index (Phi) is 5.31. The van der Waals surface area contributed by atoms with Crippen molar-refractivity contribution in [1.82, 2.24) is 4.90 Å². The van der Waals surface area contributed by atoms with Gasteiger partial charge in [0.25, 0.3) is 11.8 Å². The molecule has 2 amide bonds. The zero-order valence-corrected chi connectivity index (χ0v) is 14.4. The van der Waals surface area contributed by atoms with Crippen LogP contribution in [0.4, 0.5) is 0 Å².